The molecular weight excluding hydrogens is 270 g/mol. The van der Waals surface area contributed by atoms with Crippen molar-refractivity contribution in [2.45, 2.75) is 31.9 Å². The van der Waals surface area contributed by atoms with Gasteiger partial charge >= 0.3 is 5.97 Å². The molecule has 1 aromatic rings. The Kier molecular flexibility index (Phi) is 5.79. The molecule has 19 heavy (non-hydrogen) atoms. The first-order valence-electron chi connectivity index (χ1n) is 5.83. The molecule has 104 valence electrons. The molecule has 0 aromatic heterocycles. The van der Waals surface area contributed by atoms with Gasteiger partial charge in [-0.3, -0.25) is 9.59 Å². The molecule has 1 aromatic carbocycles. The number of ether oxygens (including phenoxy) is 1. The molecule has 0 amide bonds. The van der Waals surface area contributed by atoms with Gasteiger partial charge in [-0.1, -0.05) is 11.6 Å². The molecule has 0 aliphatic carbocycles. The molecule has 0 aliphatic rings. The van der Waals surface area contributed by atoms with E-state index >= 15 is 0 Å². The topological polar surface area (TPSA) is 89.6 Å². The fourth-order valence-corrected chi connectivity index (χ4v) is 1.53. The molecule has 0 aliphatic heterocycles. The number of hydrogen-bond acceptors (Lipinski definition) is 4. The summed E-state index contributed by atoms with van der Waals surface area (Å²) < 4.78 is 5.43. The second-order valence-electron chi connectivity index (χ2n) is 4.16. The molecule has 2 atom stereocenters. The van der Waals surface area contributed by atoms with Crippen molar-refractivity contribution in [2.24, 2.45) is 5.73 Å². The summed E-state index contributed by atoms with van der Waals surface area (Å²) in [6, 6.07) is 5.62. The Labute approximate surface area is 116 Å². The molecule has 0 radical (unpaired) electrons. The van der Waals surface area contributed by atoms with E-state index in [0.717, 1.165) is 0 Å². The van der Waals surface area contributed by atoms with Gasteiger partial charge in [0.15, 0.2) is 11.9 Å². The van der Waals surface area contributed by atoms with Gasteiger partial charge in [-0.05, 0) is 37.6 Å². The number of carbonyl (C=O) groups is 2. The smallest absolute Gasteiger partial charge is 0.320 e. The zero-order valence-electron chi connectivity index (χ0n) is 10.5. The predicted octanol–water partition coefficient (Wildman–Crippen LogP) is 1.87. The van der Waals surface area contributed by atoms with Gasteiger partial charge in [0.25, 0.3) is 0 Å². The zero-order chi connectivity index (χ0) is 14.4. The van der Waals surface area contributed by atoms with Gasteiger partial charge in [0, 0.05) is 11.4 Å². The highest BCUT2D eigenvalue weighted by Crippen LogP contribution is 2.17. The van der Waals surface area contributed by atoms with Crippen molar-refractivity contribution in [3.8, 4) is 5.75 Å². The normalized spacial score (nSPS) is 13.6. The van der Waals surface area contributed by atoms with Gasteiger partial charge < -0.3 is 15.6 Å². The lowest BCUT2D eigenvalue weighted by atomic mass is 10.1. The lowest BCUT2D eigenvalue weighted by Gasteiger charge is -2.14. The zero-order valence-corrected chi connectivity index (χ0v) is 11.3. The highest BCUT2D eigenvalue weighted by molar-refractivity contribution is 6.30. The fraction of sp³-hybridized carbons (Fsp3) is 0.385. The van der Waals surface area contributed by atoms with Gasteiger partial charge in [0.1, 0.15) is 11.8 Å². The molecule has 0 spiro atoms. The van der Waals surface area contributed by atoms with E-state index < -0.39 is 18.1 Å². The number of carboxylic acid groups (broad SMARTS) is 1. The Morgan fingerprint density at radius 2 is 1.95 bits per heavy atom. The standard InChI is InChI=1S/C13H16ClNO4/c1-8(12(16)7-6-11(15)13(17)18)19-10-4-2-9(14)3-5-10/h2-5,8,11H,6-7,15H2,1H3,(H,17,18). The number of aliphatic carboxylic acids is 1. The maximum Gasteiger partial charge on any atom is 0.320 e. The van der Waals surface area contributed by atoms with Gasteiger partial charge in [-0.15, -0.1) is 0 Å². The van der Waals surface area contributed by atoms with Gasteiger partial charge in [-0.2, -0.15) is 0 Å². The number of carbonyl (C=O) groups excluding carboxylic acids is 1. The summed E-state index contributed by atoms with van der Waals surface area (Å²) in [4.78, 5) is 22.3. The Balaban J connectivity index is 2.44. The Hall–Kier alpha value is -1.59. The van der Waals surface area contributed by atoms with E-state index in [2.05, 4.69) is 0 Å². The van der Waals surface area contributed by atoms with Crippen LogP contribution in [0.2, 0.25) is 5.02 Å². The number of hydrogen-bond donors (Lipinski definition) is 2. The van der Waals surface area contributed by atoms with Crippen LogP contribution in [0.25, 0.3) is 0 Å². The first-order valence-corrected chi connectivity index (χ1v) is 6.21. The molecule has 0 bridgehead atoms. The number of carboxylic acids is 1. The van der Waals surface area contributed by atoms with Crippen LogP contribution in [-0.4, -0.2) is 29.0 Å². The molecule has 0 fully saturated rings. The molecular formula is C13H16ClNO4. The van der Waals surface area contributed by atoms with Crippen LogP contribution in [0.4, 0.5) is 0 Å². The molecule has 0 heterocycles. The average Bonchev–Trinajstić information content (AvgIpc) is 2.37. The van der Waals surface area contributed by atoms with E-state index in [1.165, 1.54) is 0 Å². The van der Waals surface area contributed by atoms with Gasteiger partial charge in [-0.25, -0.2) is 0 Å². The van der Waals surface area contributed by atoms with Crippen LogP contribution in [-0.2, 0) is 9.59 Å². The highest BCUT2D eigenvalue weighted by Gasteiger charge is 2.18. The van der Waals surface area contributed by atoms with Crippen LogP contribution in [0.5, 0.6) is 5.75 Å². The van der Waals surface area contributed by atoms with Crippen molar-refractivity contribution in [2.75, 3.05) is 0 Å². The number of rotatable bonds is 7. The fourth-order valence-electron chi connectivity index (χ4n) is 1.41. The summed E-state index contributed by atoms with van der Waals surface area (Å²) >= 11 is 5.73. The molecule has 6 heteroatoms. The first-order chi connectivity index (χ1) is 8.90. The Morgan fingerprint density at radius 3 is 2.47 bits per heavy atom. The molecule has 5 nitrogen and oxygen atoms in total. The third-order valence-corrected chi connectivity index (χ3v) is 2.85. The van der Waals surface area contributed by atoms with E-state index in [1.54, 1.807) is 31.2 Å². The van der Waals surface area contributed by atoms with Crippen molar-refractivity contribution in [1.82, 2.24) is 0 Å². The minimum absolute atomic E-state index is 0.0716. The van der Waals surface area contributed by atoms with Crippen LogP contribution in [0, 0.1) is 0 Å². The van der Waals surface area contributed by atoms with Crippen molar-refractivity contribution in [1.29, 1.82) is 0 Å². The first kappa shape index (κ1) is 15.5. The summed E-state index contributed by atoms with van der Waals surface area (Å²) in [6.45, 7) is 1.61. The molecule has 3 N–H and O–H groups in total. The average molecular weight is 286 g/mol. The SMILES string of the molecule is CC(Oc1ccc(Cl)cc1)C(=O)CCC(N)C(=O)O. The monoisotopic (exact) mass is 285 g/mol. The van der Waals surface area contributed by atoms with Crippen molar-refractivity contribution >= 4 is 23.4 Å². The van der Waals surface area contributed by atoms with E-state index in [0.29, 0.717) is 10.8 Å². The van der Waals surface area contributed by atoms with Crippen LogP contribution in [0.1, 0.15) is 19.8 Å². The van der Waals surface area contributed by atoms with Gasteiger partial charge in [0.2, 0.25) is 0 Å². The maximum absolute atomic E-state index is 11.7. The van der Waals surface area contributed by atoms with Crippen LogP contribution in [0.3, 0.4) is 0 Å². The lowest BCUT2D eigenvalue weighted by Crippen LogP contribution is -2.32. The summed E-state index contributed by atoms with van der Waals surface area (Å²) in [7, 11) is 0. The van der Waals surface area contributed by atoms with E-state index in [1.807, 2.05) is 0 Å². The number of ketones is 1. The Bertz CT molecular complexity index is 446. The van der Waals surface area contributed by atoms with Gasteiger partial charge in [0.05, 0.1) is 0 Å². The van der Waals surface area contributed by atoms with Crippen molar-refractivity contribution < 1.29 is 19.4 Å². The minimum Gasteiger partial charge on any atom is -0.483 e. The van der Waals surface area contributed by atoms with E-state index in [-0.39, 0.29) is 18.6 Å². The quantitative estimate of drug-likeness (QED) is 0.798. The second-order valence-corrected chi connectivity index (χ2v) is 4.60. The lowest BCUT2D eigenvalue weighted by molar-refractivity contribution is -0.138. The molecule has 0 saturated carbocycles. The molecule has 2 unspecified atom stereocenters. The summed E-state index contributed by atoms with van der Waals surface area (Å²) in [5.41, 5.74) is 5.33. The van der Waals surface area contributed by atoms with Crippen LogP contribution in [0.15, 0.2) is 24.3 Å². The minimum atomic E-state index is -1.11. The number of halogens is 1. The third-order valence-electron chi connectivity index (χ3n) is 2.60. The summed E-state index contributed by atoms with van der Waals surface area (Å²) in [6.07, 6.45) is -0.479. The number of nitrogens with two attached hydrogens (primary N) is 1. The largest absolute Gasteiger partial charge is 0.483 e. The van der Waals surface area contributed by atoms with Crippen LogP contribution < -0.4 is 10.5 Å². The van der Waals surface area contributed by atoms with Crippen molar-refractivity contribution in [3.05, 3.63) is 29.3 Å². The molecule has 0 saturated heterocycles. The summed E-state index contributed by atoms with van der Waals surface area (Å²) in [5, 5.41) is 9.20. The van der Waals surface area contributed by atoms with E-state index in [4.69, 9.17) is 27.2 Å². The third kappa shape index (κ3) is 5.28. The predicted molar refractivity (Wildman–Crippen MR) is 71.4 cm³/mol. The Morgan fingerprint density at radius 1 is 1.37 bits per heavy atom. The van der Waals surface area contributed by atoms with Crippen LogP contribution >= 0.6 is 11.6 Å². The number of Topliss-reactive ketones (excluding diaryl/α,β-unsaturated/α-hetero) is 1. The maximum atomic E-state index is 11.7. The molecule has 1 rings (SSSR count). The highest BCUT2D eigenvalue weighted by atomic mass is 35.5. The summed E-state index contributed by atoms with van der Waals surface area (Å²) in [5.74, 6) is -0.765. The van der Waals surface area contributed by atoms with Crippen molar-refractivity contribution in [3.63, 3.8) is 0 Å². The second kappa shape index (κ2) is 7.11. The van der Waals surface area contributed by atoms with E-state index in [9.17, 15) is 9.59 Å². The number of benzene rings is 1.